The highest BCUT2D eigenvalue weighted by molar-refractivity contribution is 9.10. The SMILES string of the molecule is CCOc1cc(C=O)c(Br)cc1OCc1cccc(Cl)c1. The van der Waals surface area contributed by atoms with E-state index in [0.717, 1.165) is 11.8 Å². The van der Waals surface area contributed by atoms with Gasteiger partial charge >= 0.3 is 0 Å². The maximum absolute atomic E-state index is 11.0. The lowest BCUT2D eigenvalue weighted by molar-refractivity contribution is 0.112. The average molecular weight is 370 g/mol. The van der Waals surface area contributed by atoms with Gasteiger partial charge in [0, 0.05) is 15.1 Å². The Hall–Kier alpha value is -1.52. The number of carbonyl (C=O) groups is 1. The summed E-state index contributed by atoms with van der Waals surface area (Å²) < 4.78 is 12.0. The molecule has 0 N–H and O–H groups in total. The van der Waals surface area contributed by atoms with E-state index in [1.165, 1.54) is 0 Å². The molecule has 110 valence electrons. The second-order valence-corrected chi connectivity index (χ2v) is 5.58. The van der Waals surface area contributed by atoms with Crippen molar-refractivity contribution >= 4 is 33.8 Å². The molecule has 0 heterocycles. The van der Waals surface area contributed by atoms with Crippen LogP contribution in [0, 0.1) is 0 Å². The van der Waals surface area contributed by atoms with Gasteiger partial charge in [0.1, 0.15) is 6.61 Å². The van der Waals surface area contributed by atoms with Crippen LogP contribution in [-0.4, -0.2) is 12.9 Å². The molecule has 0 saturated heterocycles. The van der Waals surface area contributed by atoms with E-state index in [-0.39, 0.29) is 0 Å². The number of halogens is 2. The van der Waals surface area contributed by atoms with Gasteiger partial charge in [0.05, 0.1) is 6.61 Å². The number of carbonyl (C=O) groups excluding carboxylic acids is 1. The molecule has 0 unspecified atom stereocenters. The number of hydrogen-bond acceptors (Lipinski definition) is 3. The van der Waals surface area contributed by atoms with Crippen molar-refractivity contribution in [2.75, 3.05) is 6.61 Å². The fraction of sp³-hybridized carbons (Fsp3) is 0.188. The van der Waals surface area contributed by atoms with Crippen molar-refractivity contribution in [3.63, 3.8) is 0 Å². The summed E-state index contributed by atoms with van der Waals surface area (Å²) >= 11 is 9.29. The molecule has 5 heteroatoms. The molecule has 21 heavy (non-hydrogen) atoms. The summed E-state index contributed by atoms with van der Waals surface area (Å²) in [6.45, 7) is 2.74. The van der Waals surface area contributed by atoms with Crippen molar-refractivity contribution in [1.29, 1.82) is 0 Å². The first-order chi connectivity index (χ1) is 10.1. The van der Waals surface area contributed by atoms with E-state index < -0.39 is 0 Å². The Morgan fingerprint density at radius 3 is 2.62 bits per heavy atom. The zero-order valence-corrected chi connectivity index (χ0v) is 13.8. The van der Waals surface area contributed by atoms with Gasteiger partial charge in [0.15, 0.2) is 17.8 Å². The van der Waals surface area contributed by atoms with E-state index in [9.17, 15) is 4.79 Å². The number of ether oxygens (including phenoxy) is 2. The minimum Gasteiger partial charge on any atom is -0.490 e. The molecule has 3 nitrogen and oxygen atoms in total. The van der Waals surface area contributed by atoms with Crippen LogP contribution in [0.15, 0.2) is 40.9 Å². The van der Waals surface area contributed by atoms with Gasteiger partial charge in [-0.15, -0.1) is 0 Å². The minimum absolute atomic E-state index is 0.369. The summed E-state index contributed by atoms with van der Waals surface area (Å²) in [6.07, 6.45) is 0.771. The highest BCUT2D eigenvalue weighted by Crippen LogP contribution is 2.33. The van der Waals surface area contributed by atoms with Crippen LogP contribution in [0.1, 0.15) is 22.8 Å². The zero-order valence-electron chi connectivity index (χ0n) is 11.4. The summed E-state index contributed by atoms with van der Waals surface area (Å²) in [7, 11) is 0. The van der Waals surface area contributed by atoms with Crippen molar-refractivity contribution in [3.8, 4) is 11.5 Å². The monoisotopic (exact) mass is 368 g/mol. The molecule has 2 rings (SSSR count). The largest absolute Gasteiger partial charge is 0.490 e. The highest BCUT2D eigenvalue weighted by atomic mass is 79.9. The highest BCUT2D eigenvalue weighted by Gasteiger charge is 2.11. The topological polar surface area (TPSA) is 35.5 Å². The van der Waals surface area contributed by atoms with Crippen molar-refractivity contribution in [1.82, 2.24) is 0 Å². The Balaban J connectivity index is 2.22. The molecule has 0 aromatic heterocycles. The second kappa shape index (κ2) is 7.48. The fourth-order valence-corrected chi connectivity index (χ4v) is 2.44. The van der Waals surface area contributed by atoms with E-state index in [1.807, 2.05) is 31.2 Å². The molecular weight excluding hydrogens is 356 g/mol. The Kier molecular flexibility index (Phi) is 5.65. The Bertz CT molecular complexity index is 643. The van der Waals surface area contributed by atoms with Crippen LogP contribution < -0.4 is 9.47 Å². The van der Waals surface area contributed by atoms with E-state index in [4.69, 9.17) is 21.1 Å². The lowest BCUT2D eigenvalue weighted by atomic mass is 10.2. The minimum atomic E-state index is 0.369. The van der Waals surface area contributed by atoms with Crippen LogP contribution in [0.3, 0.4) is 0 Å². The van der Waals surface area contributed by atoms with Crippen LogP contribution in [0.4, 0.5) is 0 Å². The molecule has 0 atom stereocenters. The van der Waals surface area contributed by atoms with Gasteiger partial charge in [0.25, 0.3) is 0 Å². The molecular formula is C16H14BrClO3. The molecule has 0 saturated carbocycles. The Labute approximate surface area is 137 Å². The molecule has 0 bridgehead atoms. The standard InChI is InChI=1S/C16H14BrClO3/c1-2-20-15-7-12(9-19)14(17)8-16(15)21-10-11-4-3-5-13(18)6-11/h3-9H,2,10H2,1H3. The Morgan fingerprint density at radius 2 is 1.95 bits per heavy atom. The van der Waals surface area contributed by atoms with Crippen LogP contribution in [-0.2, 0) is 6.61 Å². The van der Waals surface area contributed by atoms with Crippen molar-refractivity contribution in [2.24, 2.45) is 0 Å². The molecule has 0 spiro atoms. The molecule has 0 aliphatic rings. The normalized spacial score (nSPS) is 10.2. The third-order valence-corrected chi connectivity index (χ3v) is 3.70. The molecule has 0 amide bonds. The number of aldehydes is 1. The maximum atomic E-state index is 11.0. The lowest BCUT2D eigenvalue weighted by Gasteiger charge is -2.13. The molecule has 2 aromatic rings. The molecule has 0 aliphatic carbocycles. The van der Waals surface area contributed by atoms with Gasteiger partial charge in [-0.1, -0.05) is 23.7 Å². The predicted molar refractivity (Wildman–Crippen MR) is 86.5 cm³/mol. The first-order valence-electron chi connectivity index (χ1n) is 6.42. The quantitative estimate of drug-likeness (QED) is 0.680. The lowest BCUT2D eigenvalue weighted by Crippen LogP contribution is -2.01. The summed E-state index contributed by atoms with van der Waals surface area (Å²) in [6, 6.07) is 10.9. The number of hydrogen-bond donors (Lipinski definition) is 0. The van der Waals surface area contributed by atoms with Gasteiger partial charge in [-0.05, 0) is 52.7 Å². The summed E-state index contributed by atoms with van der Waals surface area (Å²) in [5.41, 5.74) is 1.48. The smallest absolute Gasteiger partial charge is 0.162 e. The van der Waals surface area contributed by atoms with E-state index in [0.29, 0.717) is 39.8 Å². The predicted octanol–water partition coefficient (Wildman–Crippen LogP) is 4.89. The van der Waals surface area contributed by atoms with Crippen LogP contribution in [0.5, 0.6) is 11.5 Å². The zero-order chi connectivity index (χ0) is 15.2. The Morgan fingerprint density at radius 1 is 1.19 bits per heavy atom. The molecule has 2 aromatic carbocycles. The van der Waals surface area contributed by atoms with Gasteiger partial charge in [-0.2, -0.15) is 0 Å². The molecule has 0 aliphatic heterocycles. The van der Waals surface area contributed by atoms with Crippen LogP contribution in [0.2, 0.25) is 5.02 Å². The first kappa shape index (κ1) is 15.9. The van der Waals surface area contributed by atoms with Crippen molar-refractivity contribution < 1.29 is 14.3 Å². The summed E-state index contributed by atoms with van der Waals surface area (Å²) in [5.74, 6) is 1.12. The maximum Gasteiger partial charge on any atom is 0.162 e. The fourth-order valence-electron chi connectivity index (χ4n) is 1.81. The van der Waals surface area contributed by atoms with Gasteiger partial charge in [0.2, 0.25) is 0 Å². The van der Waals surface area contributed by atoms with E-state index in [2.05, 4.69) is 15.9 Å². The summed E-state index contributed by atoms with van der Waals surface area (Å²) in [4.78, 5) is 11.0. The van der Waals surface area contributed by atoms with Gasteiger partial charge < -0.3 is 9.47 Å². The van der Waals surface area contributed by atoms with Crippen LogP contribution >= 0.6 is 27.5 Å². The second-order valence-electron chi connectivity index (χ2n) is 4.29. The molecule has 0 radical (unpaired) electrons. The number of benzene rings is 2. The van der Waals surface area contributed by atoms with Crippen molar-refractivity contribution in [3.05, 3.63) is 57.0 Å². The average Bonchev–Trinajstić information content (AvgIpc) is 2.47. The molecule has 0 fully saturated rings. The number of rotatable bonds is 6. The van der Waals surface area contributed by atoms with E-state index >= 15 is 0 Å². The van der Waals surface area contributed by atoms with Crippen LogP contribution in [0.25, 0.3) is 0 Å². The third kappa shape index (κ3) is 4.22. The third-order valence-electron chi connectivity index (χ3n) is 2.77. The van der Waals surface area contributed by atoms with E-state index in [1.54, 1.807) is 12.1 Å². The van der Waals surface area contributed by atoms with Gasteiger partial charge in [-0.25, -0.2) is 0 Å². The van der Waals surface area contributed by atoms with Crippen molar-refractivity contribution in [2.45, 2.75) is 13.5 Å². The summed E-state index contributed by atoms with van der Waals surface area (Å²) in [5, 5.41) is 0.665. The van der Waals surface area contributed by atoms with Gasteiger partial charge in [-0.3, -0.25) is 4.79 Å². The first-order valence-corrected chi connectivity index (χ1v) is 7.60.